The average Bonchev–Trinajstić information content (AvgIpc) is 2.79. The fraction of sp³-hybridized carbons (Fsp3) is 0.692. The number of benzene rings is 1. The summed E-state index contributed by atoms with van der Waals surface area (Å²) in [6.07, 6.45) is 3.67. The van der Waals surface area contributed by atoms with Gasteiger partial charge in [-0.1, -0.05) is 0 Å². The van der Waals surface area contributed by atoms with Crippen molar-refractivity contribution in [3.63, 3.8) is 0 Å². The molecule has 0 saturated carbocycles. The molecule has 1 saturated heterocycles. The summed E-state index contributed by atoms with van der Waals surface area (Å²) in [7, 11) is 3.24. The molecule has 2 aliphatic rings. The molecule has 0 aromatic heterocycles. The van der Waals surface area contributed by atoms with Crippen molar-refractivity contribution in [1.29, 1.82) is 0 Å². The monoisotopic (exact) mass is 511 g/mol. The Morgan fingerprint density at radius 2 is 2.03 bits per heavy atom. The molecule has 1 unspecified atom stereocenters. The number of hydrogen-bond acceptors (Lipinski definition) is 6. The lowest BCUT2D eigenvalue weighted by Gasteiger charge is -2.41. The highest BCUT2D eigenvalue weighted by Gasteiger charge is 2.45. The van der Waals surface area contributed by atoms with Gasteiger partial charge in [-0.25, -0.2) is 0 Å². The number of piperidine rings is 1. The molecule has 2 aliphatic heterocycles. The van der Waals surface area contributed by atoms with Gasteiger partial charge in [-0.2, -0.15) is 0 Å². The van der Waals surface area contributed by atoms with Crippen molar-refractivity contribution in [3.8, 4) is 5.75 Å². The first kappa shape index (κ1) is 29.4. The van der Waals surface area contributed by atoms with Crippen LogP contribution in [0.5, 0.6) is 5.75 Å². The Labute approximate surface area is 216 Å². The number of hydrogen-bond donors (Lipinski definition) is 1. The number of methoxy groups -OCH3 is 2. The summed E-state index contributed by atoms with van der Waals surface area (Å²) < 4.78 is 16.7. The van der Waals surface area contributed by atoms with Gasteiger partial charge in [0.2, 0.25) is 5.60 Å². The summed E-state index contributed by atoms with van der Waals surface area (Å²) in [5, 5.41) is 3.42. The Hall–Kier alpha value is -1.87. The molecule has 1 aromatic carbocycles. The van der Waals surface area contributed by atoms with Crippen molar-refractivity contribution < 1.29 is 23.8 Å². The molecular formula is C26H42ClN3O5. The van der Waals surface area contributed by atoms with Crippen LogP contribution in [0.2, 0.25) is 0 Å². The van der Waals surface area contributed by atoms with E-state index in [1.54, 1.807) is 26.0 Å². The number of unbranched alkanes of at least 4 members (excludes halogenated alkanes) is 1. The van der Waals surface area contributed by atoms with Crippen LogP contribution in [0.1, 0.15) is 62.4 Å². The number of ether oxygens (including phenoxy) is 3. The number of nitrogens with one attached hydrogen (secondary N) is 1. The topological polar surface area (TPSA) is 80.3 Å². The summed E-state index contributed by atoms with van der Waals surface area (Å²) in [5.74, 6) is 0.454. The quantitative estimate of drug-likeness (QED) is 0.484. The number of aryl methyl sites for hydroxylation is 1. The number of nitrogens with zero attached hydrogens (tertiary/aromatic N) is 2. The van der Waals surface area contributed by atoms with Crippen LogP contribution in [0, 0.1) is 6.92 Å². The Kier molecular flexibility index (Phi) is 10.8. The van der Waals surface area contributed by atoms with E-state index in [-0.39, 0.29) is 42.9 Å². The molecule has 1 N–H and O–H groups in total. The lowest BCUT2D eigenvalue weighted by molar-refractivity contribution is -0.138. The zero-order valence-electron chi connectivity index (χ0n) is 22.0. The molecule has 1 fully saturated rings. The van der Waals surface area contributed by atoms with Gasteiger partial charge < -0.3 is 29.3 Å². The summed E-state index contributed by atoms with van der Waals surface area (Å²) in [6.45, 7) is 10.9. The summed E-state index contributed by atoms with van der Waals surface area (Å²) >= 11 is 0. The number of amides is 2. The van der Waals surface area contributed by atoms with Crippen LogP contribution in [0.4, 0.5) is 5.69 Å². The van der Waals surface area contributed by atoms with Gasteiger partial charge in [0, 0.05) is 51.6 Å². The van der Waals surface area contributed by atoms with Crippen LogP contribution < -0.4 is 15.0 Å². The number of fused-ring (bicyclic) bond motifs is 1. The van der Waals surface area contributed by atoms with E-state index in [9.17, 15) is 9.59 Å². The Bertz CT molecular complexity index is 875. The lowest BCUT2D eigenvalue weighted by atomic mass is 9.97. The lowest BCUT2D eigenvalue weighted by Crippen LogP contribution is -2.57. The molecule has 0 spiro atoms. The van der Waals surface area contributed by atoms with Crippen molar-refractivity contribution in [2.45, 2.75) is 71.1 Å². The van der Waals surface area contributed by atoms with Crippen LogP contribution >= 0.6 is 12.4 Å². The van der Waals surface area contributed by atoms with Gasteiger partial charge in [0.25, 0.3) is 11.8 Å². The maximum atomic E-state index is 13.8. The van der Waals surface area contributed by atoms with Crippen molar-refractivity contribution >= 4 is 29.9 Å². The van der Waals surface area contributed by atoms with Gasteiger partial charge in [-0.15, -0.1) is 12.4 Å². The van der Waals surface area contributed by atoms with Crippen LogP contribution in [0.15, 0.2) is 12.1 Å². The third-order valence-electron chi connectivity index (χ3n) is 6.71. The highest BCUT2D eigenvalue weighted by atomic mass is 35.5. The predicted molar refractivity (Wildman–Crippen MR) is 140 cm³/mol. The summed E-state index contributed by atoms with van der Waals surface area (Å²) in [6, 6.07) is 3.97. The normalized spacial score (nSPS) is 21.9. The Morgan fingerprint density at radius 3 is 2.63 bits per heavy atom. The second-order valence-corrected chi connectivity index (χ2v) is 9.86. The maximum Gasteiger partial charge on any atom is 0.273 e. The van der Waals surface area contributed by atoms with E-state index in [2.05, 4.69) is 19.2 Å². The molecular weight excluding hydrogens is 470 g/mol. The predicted octanol–water partition coefficient (Wildman–Crippen LogP) is 3.58. The van der Waals surface area contributed by atoms with E-state index < -0.39 is 5.60 Å². The van der Waals surface area contributed by atoms with E-state index in [1.807, 2.05) is 24.0 Å². The minimum absolute atomic E-state index is 0. The molecule has 9 heteroatoms. The molecule has 35 heavy (non-hydrogen) atoms. The standard InChI is InChI=1S/C26H41N3O5.ClH/c1-18(2)29(20-10-9-11-27-16-20)24(30)21-15-22-23(14-19(21)3)34-26(4,17-33-6)25(31)28(22)12-7-8-13-32-5;/h14-15,18,20,27H,7-13,16-17H2,1-6H3;1H/t20-,26?;/m1./s1. The van der Waals surface area contributed by atoms with Gasteiger partial charge in [0.05, 0.1) is 12.3 Å². The Balaban J connectivity index is 0.00000432. The van der Waals surface area contributed by atoms with E-state index in [0.29, 0.717) is 30.2 Å². The molecule has 0 bridgehead atoms. The van der Waals surface area contributed by atoms with E-state index in [0.717, 1.165) is 44.3 Å². The van der Waals surface area contributed by atoms with E-state index in [4.69, 9.17) is 14.2 Å². The molecule has 8 nitrogen and oxygen atoms in total. The van der Waals surface area contributed by atoms with Crippen LogP contribution in [0.3, 0.4) is 0 Å². The first-order valence-corrected chi connectivity index (χ1v) is 12.4. The van der Waals surface area contributed by atoms with Crippen LogP contribution in [-0.4, -0.2) is 81.5 Å². The second-order valence-electron chi connectivity index (χ2n) is 9.86. The van der Waals surface area contributed by atoms with Gasteiger partial charge in [0.1, 0.15) is 5.75 Å². The third-order valence-corrected chi connectivity index (χ3v) is 6.71. The number of anilines is 1. The number of halogens is 1. The fourth-order valence-electron chi connectivity index (χ4n) is 5.01. The van der Waals surface area contributed by atoms with Crippen molar-refractivity contribution in [2.24, 2.45) is 0 Å². The number of carbonyl (C=O) groups excluding carboxylic acids is 2. The highest BCUT2D eigenvalue weighted by molar-refractivity contribution is 6.05. The second kappa shape index (κ2) is 12.9. The average molecular weight is 512 g/mol. The summed E-state index contributed by atoms with van der Waals surface area (Å²) in [4.78, 5) is 31.1. The molecule has 1 aromatic rings. The summed E-state index contributed by atoms with van der Waals surface area (Å²) in [5.41, 5.74) is 0.993. The maximum absolute atomic E-state index is 13.8. The number of rotatable bonds is 10. The SMILES string of the molecule is COCCCCN1C(=O)C(C)(COC)Oc2cc(C)c(C(=O)N(C(C)C)[C@@H]3CCCNC3)cc21.Cl. The first-order valence-electron chi connectivity index (χ1n) is 12.4. The van der Waals surface area contributed by atoms with Gasteiger partial charge in [0.15, 0.2) is 0 Å². The number of carbonyl (C=O) groups is 2. The molecule has 2 amide bonds. The van der Waals surface area contributed by atoms with Crippen molar-refractivity contribution in [1.82, 2.24) is 10.2 Å². The minimum atomic E-state index is -1.11. The highest BCUT2D eigenvalue weighted by Crippen LogP contribution is 2.40. The molecule has 0 radical (unpaired) electrons. The molecule has 2 atom stereocenters. The van der Waals surface area contributed by atoms with E-state index >= 15 is 0 Å². The van der Waals surface area contributed by atoms with Crippen LogP contribution in [-0.2, 0) is 14.3 Å². The molecule has 198 valence electrons. The van der Waals surface area contributed by atoms with Crippen LogP contribution in [0.25, 0.3) is 0 Å². The fourth-order valence-corrected chi connectivity index (χ4v) is 5.01. The molecule has 2 heterocycles. The van der Waals surface area contributed by atoms with Gasteiger partial charge in [-0.3, -0.25) is 9.59 Å². The molecule has 3 rings (SSSR count). The van der Waals surface area contributed by atoms with E-state index in [1.165, 1.54) is 0 Å². The largest absolute Gasteiger partial charge is 0.473 e. The van der Waals surface area contributed by atoms with Crippen molar-refractivity contribution in [2.75, 3.05) is 52.0 Å². The minimum Gasteiger partial charge on any atom is -0.473 e. The molecule has 0 aliphatic carbocycles. The zero-order chi connectivity index (χ0) is 24.9. The third kappa shape index (κ3) is 6.47. The van der Waals surface area contributed by atoms with Gasteiger partial charge >= 0.3 is 0 Å². The Morgan fingerprint density at radius 1 is 1.29 bits per heavy atom. The van der Waals surface area contributed by atoms with Gasteiger partial charge in [-0.05, 0) is 77.6 Å². The first-order chi connectivity index (χ1) is 16.2. The van der Waals surface area contributed by atoms with Crippen molar-refractivity contribution in [3.05, 3.63) is 23.3 Å². The smallest absolute Gasteiger partial charge is 0.273 e. The zero-order valence-corrected chi connectivity index (χ0v) is 22.8.